The van der Waals surface area contributed by atoms with Crippen LogP contribution in [0.2, 0.25) is 0 Å². The second-order valence-electron chi connectivity index (χ2n) is 7.26. The fourth-order valence-corrected chi connectivity index (χ4v) is 3.12. The fourth-order valence-electron chi connectivity index (χ4n) is 3.12. The molecule has 1 atom stereocenters. The molecule has 1 unspecified atom stereocenters. The van der Waals surface area contributed by atoms with E-state index in [-0.39, 0.29) is 11.1 Å². The first-order valence-corrected chi connectivity index (χ1v) is 9.58. The van der Waals surface area contributed by atoms with Crippen molar-refractivity contribution in [2.45, 2.75) is 31.9 Å². The van der Waals surface area contributed by atoms with Crippen molar-refractivity contribution in [3.63, 3.8) is 0 Å². The van der Waals surface area contributed by atoms with Gasteiger partial charge < -0.3 is 10.4 Å². The van der Waals surface area contributed by atoms with Crippen LogP contribution in [-0.2, 0) is 18.9 Å². The zero-order valence-corrected chi connectivity index (χ0v) is 17.3. The minimum absolute atomic E-state index is 0.0232. The predicted octanol–water partition coefficient (Wildman–Crippen LogP) is 4.55. The van der Waals surface area contributed by atoms with Crippen LogP contribution < -0.4 is 5.32 Å². The average Bonchev–Trinajstić information content (AvgIpc) is 3.17. The van der Waals surface area contributed by atoms with Gasteiger partial charge in [-0.25, -0.2) is 9.48 Å². The van der Waals surface area contributed by atoms with E-state index in [1.54, 1.807) is 0 Å². The lowest BCUT2D eigenvalue weighted by Crippen LogP contribution is -2.31. The van der Waals surface area contributed by atoms with Crippen molar-refractivity contribution in [2.24, 2.45) is 0 Å². The van der Waals surface area contributed by atoms with Crippen molar-refractivity contribution >= 4 is 11.9 Å². The summed E-state index contributed by atoms with van der Waals surface area (Å²) in [7, 11) is 0. The van der Waals surface area contributed by atoms with Crippen molar-refractivity contribution in [3.05, 3.63) is 82.2 Å². The van der Waals surface area contributed by atoms with Gasteiger partial charge in [0.1, 0.15) is 0 Å². The monoisotopic (exact) mass is 486 g/mol. The van der Waals surface area contributed by atoms with E-state index in [1.165, 1.54) is 37.3 Å². The lowest BCUT2D eigenvalue weighted by Gasteiger charge is -2.16. The topological polar surface area (TPSA) is 97.1 Å². The number of nitrogens with zero attached hydrogens (tertiary/aromatic N) is 3. The Balaban J connectivity index is 1.91. The minimum atomic E-state index is -5.05. The Bertz CT molecular complexity index is 1200. The molecule has 0 radical (unpaired) electrons. The summed E-state index contributed by atoms with van der Waals surface area (Å²) in [5.74, 6) is -2.39. The standard InChI is InChI=1S/C21H16F6N4O3/c1-11(13-5-7-14(8-6-13)19(33)34)28-18(32)16-17(21(25,26)27)29-30-31(16)10-12-3-2-4-15(9-12)20(22,23)24/h2-9,11H,10H2,1H3,(H,28,32)(H,33,34). The number of hydrogen-bond acceptors (Lipinski definition) is 4. The number of nitrogens with one attached hydrogen (secondary N) is 1. The van der Waals surface area contributed by atoms with Gasteiger partial charge in [0.25, 0.3) is 5.91 Å². The van der Waals surface area contributed by atoms with Gasteiger partial charge in [0.15, 0.2) is 11.4 Å². The number of alkyl halides is 6. The molecule has 1 aromatic heterocycles. The van der Waals surface area contributed by atoms with Crippen molar-refractivity contribution in [3.8, 4) is 0 Å². The number of amides is 1. The molecule has 180 valence electrons. The van der Waals surface area contributed by atoms with Gasteiger partial charge in [-0.3, -0.25) is 4.79 Å². The summed E-state index contributed by atoms with van der Waals surface area (Å²) in [6.07, 6.45) is -9.72. The molecule has 2 N–H and O–H groups in total. The quantitative estimate of drug-likeness (QED) is 0.499. The fraction of sp³-hybridized carbons (Fsp3) is 0.238. The van der Waals surface area contributed by atoms with Crippen molar-refractivity contribution in [1.82, 2.24) is 20.3 Å². The summed E-state index contributed by atoms with van der Waals surface area (Å²) in [5.41, 5.74) is -3.23. The van der Waals surface area contributed by atoms with E-state index in [1.807, 2.05) is 0 Å². The first-order chi connectivity index (χ1) is 15.8. The van der Waals surface area contributed by atoms with E-state index < -0.39 is 53.8 Å². The Kier molecular flexibility index (Phi) is 6.66. The number of hydrogen-bond donors (Lipinski definition) is 2. The van der Waals surface area contributed by atoms with Crippen LogP contribution in [0, 0.1) is 0 Å². The highest BCUT2D eigenvalue weighted by atomic mass is 19.4. The Morgan fingerprint density at radius 3 is 2.24 bits per heavy atom. The first kappa shape index (κ1) is 24.7. The second kappa shape index (κ2) is 9.15. The number of carboxylic acids is 1. The molecular weight excluding hydrogens is 470 g/mol. The molecule has 0 saturated heterocycles. The van der Waals surface area contributed by atoms with E-state index in [0.717, 1.165) is 18.2 Å². The molecule has 0 aliphatic rings. The predicted molar refractivity (Wildman–Crippen MR) is 105 cm³/mol. The third kappa shape index (κ3) is 5.53. The number of aromatic carboxylic acids is 1. The number of carbonyl (C=O) groups is 2. The highest BCUT2D eigenvalue weighted by Gasteiger charge is 2.41. The Labute approximate surface area is 188 Å². The smallest absolute Gasteiger partial charge is 0.437 e. The Morgan fingerprint density at radius 1 is 1.03 bits per heavy atom. The molecule has 0 fully saturated rings. The van der Waals surface area contributed by atoms with Crippen LogP contribution in [-0.4, -0.2) is 32.0 Å². The van der Waals surface area contributed by atoms with E-state index in [4.69, 9.17) is 5.11 Å². The van der Waals surface area contributed by atoms with Gasteiger partial charge in [0, 0.05) is 0 Å². The molecule has 1 heterocycles. The van der Waals surface area contributed by atoms with Crippen LogP contribution >= 0.6 is 0 Å². The van der Waals surface area contributed by atoms with Gasteiger partial charge in [-0.2, -0.15) is 26.3 Å². The average molecular weight is 486 g/mol. The zero-order chi connectivity index (χ0) is 25.3. The molecule has 0 spiro atoms. The van der Waals surface area contributed by atoms with E-state index in [2.05, 4.69) is 15.6 Å². The lowest BCUT2D eigenvalue weighted by atomic mass is 10.1. The molecule has 1 amide bonds. The molecule has 13 heteroatoms. The van der Waals surface area contributed by atoms with Crippen molar-refractivity contribution < 1.29 is 41.0 Å². The summed E-state index contributed by atoms with van der Waals surface area (Å²) in [4.78, 5) is 23.7. The third-order valence-electron chi connectivity index (χ3n) is 4.81. The SMILES string of the molecule is CC(NC(=O)c1c(C(F)(F)F)nnn1Cc1cccc(C(F)(F)F)c1)c1ccc(C(=O)O)cc1. The largest absolute Gasteiger partial charge is 0.478 e. The Morgan fingerprint density at radius 2 is 1.68 bits per heavy atom. The number of benzene rings is 2. The zero-order valence-electron chi connectivity index (χ0n) is 17.3. The van der Waals surface area contributed by atoms with Crippen LogP contribution in [0.4, 0.5) is 26.3 Å². The summed E-state index contributed by atoms with van der Waals surface area (Å²) in [6, 6.07) is 8.34. The van der Waals surface area contributed by atoms with Gasteiger partial charge in [-0.15, -0.1) is 5.10 Å². The molecule has 3 aromatic rings. The van der Waals surface area contributed by atoms with Gasteiger partial charge in [-0.1, -0.05) is 29.5 Å². The summed E-state index contributed by atoms with van der Waals surface area (Å²) in [6.45, 7) is 0.888. The van der Waals surface area contributed by atoms with Gasteiger partial charge in [0.05, 0.1) is 23.7 Å². The van der Waals surface area contributed by atoms with Crippen molar-refractivity contribution in [1.29, 1.82) is 0 Å². The second-order valence-corrected chi connectivity index (χ2v) is 7.26. The van der Waals surface area contributed by atoms with Crippen LogP contribution in [0.5, 0.6) is 0 Å². The number of carbonyl (C=O) groups excluding carboxylic acids is 1. The maximum atomic E-state index is 13.5. The number of halogens is 6. The van der Waals surface area contributed by atoms with Crippen molar-refractivity contribution in [2.75, 3.05) is 0 Å². The first-order valence-electron chi connectivity index (χ1n) is 9.58. The molecule has 34 heavy (non-hydrogen) atoms. The highest BCUT2D eigenvalue weighted by molar-refractivity contribution is 5.94. The molecule has 0 aliphatic carbocycles. The van der Waals surface area contributed by atoms with E-state index >= 15 is 0 Å². The Hall–Kier alpha value is -3.90. The van der Waals surface area contributed by atoms with Gasteiger partial charge in [0.2, 0.25) is 0 Å². The molecule has 0 bridgehead atoms. The van der Waals surface area contributed by atoms with Crippen LogP contribution in [0.1, 0.15) is 56.2 Å². The molecule has 0 saturated carbocycles. The normalized spacial score (nSPS) is 12.9. The summed E-state index contributed by atoms with van der Waals surface area (Å²) >= 11 is 0. The van der Waals surface area contributed by atoms with Crippen LogP contribution in [0.15, 0.2) is 48.5 Å². The van der Waals surface area contributed by atoms with E-state index in [9.17, 15) is 35.9 Å². The lowest BCUT2D eigenvalue weighted by molar-refractivity contribution is -0.141. The third-order valence-corrected chi connectivity index (χ3v) is 4.81. The molecule has 7 nitrogen and oxygen atoms in total. The number of rotatable bonds is 6. The summed E-state index contributed by atoms with van der Waals surface area (Å²) < 4.78 is 79.9. The summed E-state index contributed by atoms with van der Waals surface area (Å²) in [5, 5.41) is 17.7. The molecular formula is C21H16F6N4O3. The highest BCUT2D eigenvalue weighted by Crippen LogP contribution is 2.32. The van der Waals surface area contributed by atoms with Crippen LogP contribution in [0.3, 0.4) is 0 Å². The van der Waals surface area contributed by atoms with Gasteiger partial charge in [-0.05, 0) is 42.3 Å². The molecule has 0 aliphatic heterocycles. The van der Waals surface area contributed by atoms with Crippen LogP contribution in [0.25, 0.3) is 0 Å². The van der Waals surface area contributed by atoms with Gasteiger partial charge >= 0.3 is 18.3 Å². The van der Waals surface area contributed by atoms with E-state index in [0.29, 0.717) is 10.2 Å². The maximum absolute atomic E-state index is 13.5. The molecule has 3 rings (SSSR count). The molecule has 2 aromatic carbocycles. The maximum Gasteiger partial charge on any atom is 0.437 e. The number of aromatic nitrogens is 3. The minimum Gasteiger partial charge on any atom is -0.478 e. The number of carboxylic acid groups (broad SMARTS) is 1.